The third-order valence-electron chi connectivity index (χ3n) is 3.77. The van der Waals surface area contributed by atoms with Crippen LogP contribution >= 0.6 is 0 Å². The summed E-state index contributed by atoms with van der Waals surface area (Å²) in [7, 11) is 0. The number of nitro benzene ring substituents is 1. The molecule has 19 heavy (non-hydrogen) atoms. The van der Waals surface area contributed by atoms with Gasteiger partial charge in [-0.1, -0.05) is 12.1 Å². The van der Waals surface area contributed by atoms with E-state index in [1.165, 1.54) is 0 Å². The summed E-state index contributed by atoms with van der Waals surface area (Å²) in [5.41, 5.74) is 1.28. The lowest BCUT2D eigenvalue weighted by Crippen LogP contribution is -2.47. The Bertz CT molecular complexity index is 439. The van der Waals surface area contributed by atoms with Crippen LogP contribution < -0.4 is 5.32 Å². The molecule has 1 aliphatic heterocycles. The summed E-state index contributed by atoms with van der Waals surface area (Å²) in [6.07, 6.45) is 1.98. The lowest BCUT2D eigenvalue weighted by molar-refractivity contribution is -0.384. The number of benzene rings is 1. The van der Waals surface area contributed by atoms with Crippen molar-refractivity contribution in [2.45, 2.75) is 38.3 Å². The minimum Gasteiger partial charge on any atom is -0.381 e. The fraction of sp³-hybridized carbons (Fsp3) is 0.571. The largest absolute Gasteiger partial charge is 0.381 e. The molecule has 2 rings (SSSR count). The van der Waals surface area contributed by atoms with E-state index in [0.717, 1.165) is 31.6 Å². The van der Waals surface area contributed by atoms with Gasteiger partial charge in [0.25, 0.3) is 5.69 Å². The van der Waals surface area contributed by atoms with Crippen LogP contribution in [0.25, 0.3) is 0 Å². The van der Waals surface area contributed by atoms with Gasteiger partial charge in [0.05, 0.1) is 4.92 Å². The molecule has 1 heterocycles. The van der Waals surface area contributed by atoms with Gasteiger partial charge in [0, 0.05) is 36.9 Å². The molecule has 0 radical (unpaired) electrons. The van der Waals surface area contributed by atoms with E-state index in [2.05, 4.69) is 19.2 Å². The first kappa shape index (κ1) is 14.0. The molecule has 5 heteroatoms. The molecule has 1 atom stereocenters. The average Bonchev–Trinajstić information content (AvgIpc) is 2.39. The molecule has 1 aromatic carbocycles. The van der Waals surface area contributed by atoms with Crippen LogP contribution in [0.15, 0.2) is 24.3 Å². The van der Waals surface area contributed by atoms with Gasteiger partial charge in [-0.3, -0.25) is 10.1 Å². The van der Waals surface area contributed by atoms with Crippen molar-refractivity contribution in [1.82, 2.24) is 5.32 Å². The lowest BCUT2D eigenvalue weighted by Gasteiger charge is -2.37. The van der Waals surface area contributed by atoms with Gasteiger partial charge in [0.1, 0.15) is 0 Å². The van der Waals surface area contributed by atoms with Crippen molar-refractivity contribution in [1.29, 1.82) is 0 Å². The maximum Gasteiger partial charge on any atom is 0.269 e. The van der Waals surface area contributed by atoms with E-state index in [0.29, 0.717) is 0 Å². The number of ether oxygens (including phenoxy) is 1. The zero-order chi connectivity index (χ0) is 13.9. The molecule has 0 aromatic heterocycles. The molecule has 0 aliphatic carbocycles. The van der Waals surface area contributed by atoms with Gasteiger partial charge in [-0.2, -0.15) is 0 Å². The second kappa shape index (κ2) is 5.67. The smallest absolute Gasteiger partial charge is 0.269 e. The van der Waals surface area contributed by atoms with Gasteiger partial charge >= 0.3 is 0 Å². The zero-order valence-corrected chi connectivity index (χ0v) is 11.4. The fourth-order valence-corrected chi connectivity index (χ4v) is 2.46. The second-order valence-corrected chi connectivity index (χ2v) is 5.39. The Morgan fingerprint density at radius 2 is 1.89 bits per heavy atom. The second-order valence-electron chi connectivity index (χ2n) is 5.39. The SMILES string of the molecule is CC(NC1(C)CCOCC1)c1ccc([N+](=O)[O-])cc1. The van der Waals surface area contributed by atoms with Crippen molar-refractivity contribution in [3.05, 3.63) is 39.9 Å². The van der Waals surface area contributed by atoms with Crippen molar-refractivity contribution in [3.8, 4) is 0 Å². The van der Waals surface area contributed by atoms with Crippen LogP contribution in [-0.2, 0) is 4.74 Å². The van der Waals surface area contributed by atoms with Crippen LogP contribution in [0.4, 0.5) is 5.69 Å². The Hall–Kier alpha value is -1.46. The van der Waals surface area contributed by atoms with E-state index in [9.17, 15) is 10.1 Å². The zero-order valence-electron chi connectivity index (χ0n) is 11.4. The number of rotatable bonds is 4. The third kappa shape index (κ3) is 3.52. The monoisotopic (exact) mass is 264 g/mol. The van der Waals surface area contributed by atoms with Crippen LogP contribution in [-0.4, -0.2) is 23.7 Å². The standard InChI is InChI=1S/C14H20N2O3/c1-11(15-14(2)7-9-19-10-8-14)12-3-5-13(6-4-12)16(17)18/h3-6,11,15H,7-10H2,1-2H3. The Balaban J connectivity index is 2.02. The Morgan fingerprint density at radius 1 is 1.32 bits per heavy atom. The van der Waals surface area contributed by atoms with Crippen molar-refractivity contribution in [2.75, 3.05) is 13.2 Å². The predicted octanol–water partition coefficient (Wildman–Crippen LogP) is 2.81. The molecule has 0 amide bonds. The molecule has 1 saturated heterocycles. The van der Waals surface area contributed by atoms with Crippen LogP contribution in [0.2, 0.25) is 0 Å². The number of nitrogens with one attached hydrogen (secondary N) is 1. The van der Waals surface area contributed by atoms with Crippen LogP contribution in [0.5, 0.6) is 0 Å². The predicted molar refractivity (Wildman–Crippen MR) is 73.1 cm³/mol. The number of nitro groups is 1. The Labute approximate surface area is 113 Å². The molecular weight excluding hydrogens is 244 g/mol. The Kier molecular flexibility index (Phi) is 4.17. The van der Waals surface area contributed by atoms with Crippen LogP contribution in [0, 0.1) is 10.1 Å². The van der Waals surface area contributed by atoms with Gasteiger partial charge in [-0.05, 0) is 32.3 Å². The molecule has 1 aliphatic rings. The molecule has 5 nitrogen and oxygen atoms in total. The molecule has 1 unspecified atom stereocenters. The molecule has 1 N–H and O–H groups in total. The first-order valence-corrected chi connectivity index (χ1v) is 6.60. The molecule has 1 aromatic rings. The molecule has 104 valence electrons. The summed E-state index contributed by atoms with van der Waals surface area (Å²) in [5, 5.41) is 14.2. The average molecular weight is 264 g/mol. The normalized spacial score (nSPS) is 19.9. The number of non-ortho nitro benzene ring substituents is 1. The molecule has 0 saturated carbocycles. The highest BCUT2D eigenvalue weighted by atomic mass is 16.6. The van der Waals surface area contributed by atoms with Gasteiger partial charge in [-0.25, -0.2) is 0 Å². The van der Waals surface area contributed by atoms with Gasteiger partial charge in [0.15, 0.2) is 0 Å². The van der Waals surface area contributed by atoms with E-state index < -0.39 is 0 Å². The first-order chi connectivity index (χ1) is 9.00. The summed E-state index contributed by atoms with van der Waals surface area (Å²) in [6.45, 7) is 5.87. The minimum atomic E-state index is -0.373. The molecule has 1 fully saturated rings. The van der Waals surface area contributed by atoms with Crippen molar-refractivity contribution in [3.63, 3.8) is 0 Å². The van der Waals surface area contributed by atoms with E-state index in [4.69, 9.17) is 4.74 Å². The highest BCUT2D eigenvalue weighted by molar-refractivity contribution is 5.34. The maximum absolute atomic E-state index is 10.6. The number of hydrogen-bond acceptors (Lipinski definition) is 4. The van der Waals surface area contributed by atoms with Crippen molar-refractivity contribution in [2.24, 2.45) is 0 Å². The lowest BCUT2D eigenvalue weighted by atomic mass is 9.90. The molecule has 0 bridgehead atoms. The molecular formula is C14H20N2O3. The van der Waals surface area contributed by atoms with Gasteiger partial charge < -0.3 is 10.1 Å². The van der Waals surface area contributed by atoms with E-state index in [-0.39, 0.29) is 22.2 Å². The van der Waals surface area contributed by atoms with Crippen LogP contribution in [0.3, 0.4) is 0 Å². The van der Waals surface area contributed by atoms with Crippen molar-refractivity contribution >= 4 is 5.69 Å². The Morgan fingerprint density at radius 3 is 2.42 bits per heavy atom. The quantitative estimate of drug-likeness (QED) is 0.671. The summed E-state index contributed by atoms with van der Waals surface area (Å²) in [6, 6.07) is 6.92. The minimum absolute atomic E-state index is 0.0828. The van der Waals surface area contributed by atoms with Crippen molar-refractivity contribution < 1.29 is 9.66 Å². The summed E-state index contributed by atoms with van der Waals surface area (Å²) < 4.78 is 5.38. The third-order valence-corrected chi connectivity index (χ3v) is 3.77. The summed E-state index contributed by atoms with van der Waals surface area (Å²) in [4.78, 5) is 10.3. The van der Waals surface area contributed by atoms with Gasteiger partial charge in [0.2, 0.25) is 0 Å². The van der Waals surface area contributed by atoms with E-state index >= 15 is 0 Å². The van der Waals surface area contributed by atoms with Crippen LogP contribution in [0.1, 0.15) is 38.3 Å². The maximum atomic E-state index is 10.6. The summed E-state index contributed by atoms with van der Waals surface area (Å²) >= 11 is 0. The number of nitrogens with zero attached hydrogens (tertiary/aromatic N) is 1. The van der Waals surface area contributed by atoms with E-state index in [1.54, 1.807) is 12.1 Å². The highest BCUT2D eigenvalue weighted by Crippen LogP contribution is 2.25. The highest BCUT2D eigenvalue weighted by Gasteiger charge is 2.28. The summed E-state index contributed by atoms with van der Waals surface area (Å²) in [5.74, 6) is 0. The van der Waals surface area contributed by atoms with E-state index in [1.807, 2.05) is 12.1 Å². The number of hydrogen-bond donors (Lipinski definition) is 1. The molecule has 0 spiro atoms. The van der Waals surface area contributed by atoms with Gasteiger partial charge in [-0.15, -0.1) is 0 Å². The fourth-order valence-electron chi connectivity index (χ4n) is 2.46. The first-order valence-electron chi connectivity index (χ1n) is 6.60. The topological polar surface area (TPSA) is 64.4 Å².